The number of ether oxygens (including phenoxy) is 2. The summed E-state index contributed by atoms with van der Waals surface area (Å²) >= 11 is 3.40. The minimum absolute atomic E-state index is 0.0850. The van der Waals surface area contributed by atoms with Crippen LogP contribution in [-0.4, -0.2) is 25.2 Å². The molecule has 0 saturated heterocycles. The lowest BCUT2D eigenvalue weighted by Gasteiger charge is -2.11. The number of halogens is 2. The summed E-state index contributed by atoms with van der Waals surface area (Å²) < 4.78 is 25.6. The van der Waals surface area contributed by atoms with Gasteiger partial charge in [0.05, 0.1) is 20.6 Å². The number of allylic oxidation sites excluding steroid dienone is 2. The smallest absolute Gasteiger partial charge is 0.228 e. The maximum absolute atomic E-state index is 14.2. The monoisotopic (exact) mass is 523 g/mol. The van der Waals surface area contributed by atoms with Crippen LogP contribution in [0.3, 0.4) is 0 Å². The fourth-order valence-electron chi connectivity index (χ4n) is 4.08. The van der Waals surface area contributed by atoms with Crippen molar-refractivity contribution in [3.05, 3.63) is 87.2 Å². The molecule has 1 amide bonds. The van der Waals surface area contributed by atoms with Crippen LogP contribution in [0.1, 0.15) is 30.0 Å². The van der Waals surface area contributed by atoms with E-state index in [-0.39, 0.29) is 35.4 Å². The molecule has 4 rings (SSSR count). The first-order valence-corrected chi connectivity index (χ1v) is 11.3. The summed E-state index contributed by atoms with van der Waals surface area (Å²) in [5.41, 5.74) is 5.41. The van der Waals surface area contributed by atoms with Gasteiger partial charge in [-0.3, -0.25) is 4.79 Å². The number of phenolic OH excluding ortho intramolecular Hbond substituents is 1. The number of phenols is 1. The number of carbonyl (C=O) groups is 1. The van der Waals surface area contributed by atoms with Gasteiger partial charge >= 0.3 is 0 Å². The summed E-state index contributed by atoms with van der Waals surface area (Å²) in [6.07, 6.45) is 2.00. The SMILES string of the molecule is COc1cc(C=C2C(C)=C(CC(=O)Nc3cccc(Br)c3)c3cc(F)ccc32)cc(OC)c1O. The zero-order chi connectivity index (χ0) is 24.4. The molecule has 0 atom stereocenters. The molecule has 3 aromatic rings. The normalized spacial score (nSPS) is 13.7. The van der Waals surface area contributed by atoms with Gasteiger partial charge in [-0.05, 0) is 88.9 Å². The fraction of sp³-hybridized carbons (Fsp3) is 0.148. The summed E-state index contributed by atoms with van der Waals surface area (Å²) in [4.78, 5) is 12.9. The number of fused-ring (bicyclic) bond motifs is 1. The molecular weight excluding hydrogens is 501 g/mol. The maximum atomic E-state index is 14.2. The van der Waals surface area contributed by atoms with Gasteiger partial charge in [0.2, 0.25) is 11.7 Å². The van der Waals surface area contributed by atoms with Gasteiger partial charge < -0.3 is 19.9 Å². The molecule has 0 saturated carbocycles. The number of methoxy groups -OCH3 is 2. The second-order valence-electron chi connectivity index (χ2n) is 7.86. The number of hydrogen-bond acceptors (Lipinski definition) is 4. The molecule has 34 heavy (non-hydrogen) atoms. The Morgan fingerprint density at radius 3 is 2.41 bits per heavy atom. The summed E-state index contributed by atoms with van der Waals surface area (Å²) in [5, 5.41) is 13.1. The first-order chi connectivity index (χ1) is 16.3. The van der Waals surface area contributed by atoms with Crippen LogP contribution in [0.25, 0.3) is 17.2 Å². The van der Waals surface area contributed by atoms with E-state index in [4.69, 9.17) is 9.47 Å². The van der Waals surface area contributed by atoms with Crippen molar-refractivity contribution in [1.82, 2.24) is 0 Å². The van der Waals surface area contributed by atoms with Crippen molar-refractivity contribution < 1.29 is 23.8 Å². The van der Waals surface area contributed by atoms with Crippen LogP contribution in [0, 0.1) is 5.82 Å². The maximum Gasteiger partial charge on any atom is 0.228 e. The number of anilines is 1. The predicted octanol–water partition coefficient (Wildman–Crippen LogP) is 6.67. The van der Waals surface area contributed by atoms with Crippen molar-refractivity contribution in [2.75, 3.05) is 19.5 Å². The second kappa shape index (κ2) is 9.73. The van der Waals surface area contributed by atoms with Crippen LogP contribution in [0.15, 0.2) is 64.6 Å². The average molecular weight is 524 g/mol. The first kappa shape index (κ1) is 23.6. The third kappa shape index (κ3) is 4.70. The molecule has 174 valence electrons. The molecule has 0 unspecified atom stereocenters. The van der Waals surface area contributed by atoms with Crippen LogP contribution < -0.4 is 14.8 Å². The molecular formula is C27H23BrFNO4. The van der Waals surface area contributed by atoms with Crippen LogP contribution in [0.2, 0.25) is 0 Å². The Labute approximate surface area is 205 Å². The first-order valence-electron chi connectivity index (χ1n) is 10.5. The highest BCUT2D eigenvalue weighted by atomic mass is 79.9. The molecule has 0 bridgehead atoms. The van der Waals surface area contributed by atoms with Crippen molar-refractivity contribution in [3.63, 3.8) is 0 Å². The number of aromatic hydroxyl groups is 1. The third-order valence-electron chi connectivity index (χ3n) is 5.71. The second-order valence-corrected chi connectivity index (χ2v) is 8.78. The Balaban J connectivity index is 1.74. The van der Waals surface area contributed by atoms with Gasteiger partial charge in [-0.15, -0.1) is 0 Å². The van der Waals surface area contributed by atoms with E-state index in [1.54, 1.807) is 18.2 Å². The van der Waals surface area contributed by atoms with E-state index in [0.29, 0.717) is 11.3 Å². The molecule has 0 heterocycles. The van der Waals surface area contributed by atoms with Gasteiger partial charge in [0, 0.05) is 10.2 Å². The lowest BCUT2D eigenvalue weighted by molar-refractivity contribution is -0.115. The molecule has 0 fully saturated rings. The Morgan fingerprint density at radius 1 is 1.06 bits per heavy atom. The van der Waals surface area contributed by atoms with Gasteiger partial charge in [0.25, 0.3) is 0 Å². The topological polar surface area (TPSA) is 67.8 Å². The minimum Gasteiger partial charge on any atom is -0.502 e. The Bertz CT molecular complexity index is 1320. The lowest BCUT2D eigenvalue weighted by Crippen LogP contribution is -2.12. The predicted molar refractivity (Wildman–Crippen MR) is 135 cm³/mol. The molecule has 2 N–H and O–H groups in total. The highest BCUT2D eigenvalue weighted by Gasteiger charge is 2.26. The Morgan fingerprint density at radius 2 is 1.76 bits per heavy atom. The summed E-state index contributed by atoms with van der Waals surface area (Å²) in [5.74, 6) is -0.0988. The molecule has 1 aliphatic rings. The molecule has 1 aliphatic carbocycles. The van der Waals surface area contributed by atoms with Crippen molar-refractivity contribution in [3.8, 4) is 17.2 Å². The highest BCUT2D eigenvalue weighted by molar-refractivity contribution is 9.10. The van der Waals surface area contributed by atoms with E-state index >= 15 is 0 Å². The van der Waals surface area contributed by atoms with Crippen molar-refractivity contribution >= 4 is 44.7 Å². The van der Waals surface area contributed by atoms with E-state index < -0.39 is 0 Å². The van der Waals surface area contributed by atoms with E-state index in [2.05, 4.69) is 21.2 Å². The lowest BCUT2D eigenvalue weighted by atomic mass is 10.00. The number of carbonyl (C=O) groups excluding carboxylic acids is 1. The average Bonchev–Trinajstić information content (AvgIpc) is 3.05. The highest BCUT2D eigenvalue weighted by Crippen LogP contribution is 2.45. The molecule has 0 radical (unpaired) electrons. The van der Waals surface area contributed by atoms with Gasteiger partial charge in [-0.25, -0.2) is 4.39 Å². The number of amides is 1. The zero-order valence-electron chi connectivity index (χ0n) is 18.9. The number of hydrogen-bond donors (Lipinski definition) is 2. The quantitative estimate of drug-likeness (QED) is 0.378. The van der Waals surface area contributed by atoms with Gasteiger partial charge in [-0.1, -0.05) is 28.1 Å². The van der Waals surface area contributed by atoms with E-state index in [1.807, 2.05) is 37.3 Å². The van der Waals surface area contributed by atoms with Crippen molar-refractivity contribution in [1.29, 1.82) is 0 Å². The Kier molecular flexibility index (Phi) is 6.75. The van der Waals surface area contributed by atoms with Gasteiger partial charge in [0.1, 0.15) is 5.82 Å². The van der Waals surface area contributed by atoms with E-state index in [9.17, 15) is 14.3 Å². The molecule has 5 nitrogen and oxygen atoms in total. The molecule has 0 aromatic heterocycles. The van der Waals surface area contributed by atoms with Crippen LogP contribution in [0.4, 0.5) is 10.1 Å². The zero-order valence-corrected chi connectivity index (χ0v) is 20.5. The van der Waals surface area contributed by atoms with Gasteiger partial charge in [0.15, 0.2) is 11.5 Å². The van der Waals surface area contributed by atoms with Crippen molar-refractivity contribution in [2.45, 2.75) is 13.3 Å². The van der Waals surface area contributed by atoms with Crippen molar-refractivity contribution in [2.24, 2.45) is 0 Å². The summed E-state index contributed by atoms with van der Waals surface area (Å²) in [6.45, 7) is 1.92. The third-order valence-corrected chi connectivity index (χ3v) is 6.21. The largest absolute Gasteiger partial charge is 0.502 e. The van der Waals surface area contributed by atoms with Gasteiger partial charge in [-0.2, -0.15) is 0 Å². The van der Waals surface area contributed by atoms with Crippen LogP contribution in [-0.2, 0) is 4.79 Å². The molecule has 0 aliphatic heterocycles. The summed E-state index contributed by atoms with van der Waals surface area (Å²) in [6, 6.07) is 15.3. The fourth-order valence-corrected chi connectivity index (χ4v) is 4.48. The van der Waals surface area contributed by atoms with E-state index in [1.165, 1.54) is 26.4 Å². The number of rotatable bonds is 6. The molecule has 3 aromatic carbocycles. The van der Waals surface area contributed by atoms with E-state index in [0.717, 1.165) is 32.3 Å². The van der Waals surface area contributed by atoms with Crippen LogP contribution >= 0.6 is 15.9 Å². The minimum atomic E-state index is -0.370. The Hall–Kier alpha value is -3.58. The van der Waals surface area contributed by atoms with Crippen LogP contribution in [0.5, 0.6) is 17.2 Å². The number of benzene rings is 3. The summed E-state index contributed by atoms with van der Waals surface area (Å²) in [7, 11) is 2.93. The number of nitrogens with one attached hydrogen (secondary N) is 1. The standard InChI is InChI=1S/C27H23BrFNO4/c1-15-21(9-16-10-24(33-2)27(32)25(11-16)34-3)20-8-7-18(29)13-23(20)22(15)14-26(31)30-19-6-4-5-17(28)12-19/h4-13,32H,14H2,1-3H3,(H,30,31). The molecule has 0 spiro atoms. The molecule has 7 heteroatoms.